The predicted octanol–water partition coefficient (Wildman–Crippen LogP) is 3.14. The number of guanidine groups is 1. The van der Waals surface area contributed by atoms with Crippen molar-refractivity contribution in [2.24, 2.45) is 4.99 Å². The lowest BCUT2D eigenvalue weighted by atomic mass is 10.2. The molecule has 0 spiro atoms. The van der Waals surface area contributed by atoms with Crippen molar-refractivity contribution < 1.29 is 4.79 Å². The van der Waals surface area contributed by atoms with E-state index in [4.69, 9.17) is 0 Å². The molecule has 2 unspecified atom stereocenters. The summed E-state index contributed by atoms with van der Waals surface area (Å²) in [5.41, 5.74) is 3.52. The second-order valence-electron chi connectivity index (χ2n) is 8.58. The third kappa shape index (κ3) is 5.44. The molecular weight excluding hydrogens is 386 g/mol. The van der Waals surface area contributed by atoms with Crippen LogP contribution in [0, 0.1) is 0 Å². The van der Waals surface area contributed by atoms with E-state index in [1.54, 1.807) is 0 Å². The topological polar surface area (TPSA) is 60.0 Å². The van der Waals surface area contributed by atoms with Gasteiger partial charge in [-0.2, -0.15) is 0 Å². The highest BCUT2D eigenvalue weighted by molar-refractivity contribution is 5.95. The highest BCUT2D eigenvalue weighted by atomic mass is 16.2. The molecule has 0 bridgehead atoms. The van der Waals surface area contributed by atoms with E-state index in [9.17, 15) is 4.79 Å². The number of nitrogens with zero attached hydrogens (tertiary/aromatic N) is 3. The van der Waals surface area contributed by atoms with Crippen LogP contribution in [0.5, 0.6) is 0 Å². The van der Waals surface area contributed by atoms with Crippen molar-refractivity contribution in [2.75, 3.05) is 25.0 Å². The summed E-state index contributed by atoms with van der Waals surface area (Å²) >= 11 is 0. The van der Waals surface area contributed by atoms with Crippen molar-refractivity contribution in [2.45, 2.75) is 51.4 Å². The molecule has 2 aromatic rings. The maximum Gasteiger partial charge on any atom is 0.227 e. The Kier molecular flexibility index (Phi) is 6.87. The quantitative estimate of drug-likeness (QED) is 0.558. The van der Waals surface area contributed by atoms with Crippen molar-refractivity contribution in [3.63, 3.8) is 0 Å². The lowest BCUT2D eigenvalue weighted by Gasteiger charge is -2.21. The first-order valence-corrected chi connectivity index (χ1v) is 11.3. The Bertz CT molecular complexity index is 896. The first-order valence-electron chi connectivity index (χ1n) is 11.3. The molecule has 0 aromatic heterocycles. The van der Waals surface area contributed by atoms with E-state index in [1.807, 2.05) is 24.1 Å². The Hall–Kier alpha value is -2.86. The number of amides is 1. The summed E-state index contributed by atoms with van der Waals surface area (Å²) in [5, 5.41) is 7.02. The van der Waals surface area contributed by atoms with Gasteiger partial charge in [0.25, 0.3) is 0 Å². The van der Waals surface area contributed by atoms with Gasteiger partial charge in [0, 0.05) is 57.4 Å². The number of likely N-dealkylation sites (tertiary alicyclic amines) is 1. The molecule has 0 radical (unpaired) electrons. The first kappa shape index (κ1) is 21.4. The van der Waals surface area contributed by atoms with Gasteiger partial charge in [0.05, 0.1) is 0 Å². The molecule has 1 amide bonds. The molecular formula is C25H33N5O. The maximum atomic E-state index is 11.9. The molecule has 2 aromatic carbocycles. The zero-order valence-corrected chi connectivity index (χ0v) is 18.6. The van der Waals surface area contributed by atoms with Gasteiger partial charge >= 0.3 is 0 Å². The van der Waals surface area contributed by atoms with Crippen molar-refractivity contribution in [1.82, 2.24) is 15.5 Å². The van der Waals surface area contributed by atoms with Crippen molar-refractivity contribution in [3.05, 3.63) is 65.7 Å². The zero-order valence-electron chi connectivity index (χ0n) is 18.6. The second-order valence-corrected chi connectivity index (χ2v) is 8.58. The van der Waals surface area contributed by atoms with Crippen molar-refractivity contribution >= 4 is 17.6 Å². The molecule has 6 nitrogen and oxygen atoms in total. The summed E-state index contributed by atoms with van der Waals surface area (Å²) in [4.78, 5) is 20.7. The second kappa shape index (κ2) is 9.96. The Morgan fingerprint density at radius 3 is 2.55 bits per heavy atom. The van der Waals surface area contributed by atoms with Crippen LogP contribution in [-0.2, 0) is 17.9 Å². The van der Waals surface area contributed by atoms with Gasteiger partial charge in [-0.1, -0.05) is 42.5 Å². The Labute approximate surface area is 185 Å². The molecule has 2 heterocycles. The van der Waals surface area contributed by atoms with Crippen LogP contribution >= 0.6 is 0 Å². The molecule has 2 atom stereocenters. The number of hydrogen-bond acceptors (Lipinski definition) is 3. The largest absolute Gasteiger partial charge is 0.352 e. The highest BCUT2D eigenvalue weighted by Gasteiger charge is 2.29. The Balaban J connectivity index is 1.26. The minimum Gasteiger partial charge on any atom is -0.352 e. The van der Waals surface area contributed by atoms with Crippen molar-refractivity contribution in [3.8, 4) is 0 Å². The zero-order chi connectivity index (χ0) is 21.6. The summed E-state index contributed by atoms with van der Waals surface area (Å²) in [7, 11) is 1.82. The van der Waals surface area contributed by atoms with Crippen LogP contribution < -0.4 is 15.5 Å². The summed E-state index contributed by atoms with van der Waals surface area (Å²) in [6.45, 7) is 5.82. The lowest BCUT2D eigenvalue weighted by molar-refractivity contribution is -0.117. The number of carbonyl (C=O) groups excluding carboxylic acids is 1. The summed E-state index contributed by atoms with van der Waals surface area (Å²) in [5.74, 6) is 1.06. The minimum atomic E-state index is 0.225. The van der Waals surface area contributed by atoms with E-state index in [1.165, 1.54) is 11.1 Å². The van der Waals surface area contributed by atoms with Crippen LogP contribution in [0.2, 0.25) is 0 Å². The normalized spacial score (nSPS) is 22.2. The average Bonchev–Trinajstić information content (AvgIpc) is 3.37. The van der Waals surface area contributed by atoms with E-state index < -0.39 is 0 Å². The molecule has 2 aliphatic heterocycles. The lowest BCUT2D eigenvalue weighted by Crippen LogP contribution is -2.44. The molecule has 4 rings (SSSR count). The highest BCUT2D eigenvalue weighted by Crippen LogP contribution is 2.22. The van der Waals surface area contributed by atoms with Crippen LogP contribution in [0.4, 0.5) is 5.69 Å². The maximum absolute atomic E-state index is 11.9. The summed E-state index contributed by atoms with van der Waals surface area (Å²) in [6.07, 6.45) is 2.71. The van der Waals surface area contributed by atoms with Gasteiger partial charge in [0.15, 0.2) is 5.96 Å². The molecule has 31 heavy (non-hydrogen) atoms. The van der Waals surface area contributed by atoms with Gasteiger partial charge in [0.2, 0.25) is 5.91 Å². The van der Waals surface area contributed by atoms with E-state index >= 15 is 0 Å². The molecule has 2 saturated heterocycles. The van der Waals surface area contributed by atoms with Gasteiger partial charge in [-0.05, 0) is 43.0 Å². The number of nitrogens with one attached hydrogen (secondary N) is 2. The Morgan fingerprint density at radius 1 is 1.10 bits per heavy atom. The minimum absolute atomic E-state index is 0.225. The number of hydrogen-bond donors (Lipinski definition) is 2. The van der Waals surface area contributed by atoms with Gasteiger partial charge in [-0.3, -0.25) is 14.7 Å². The summed E-state index contributed by atoms with van der Waals surface area (Å²) in [6, 6.07) is 19.8. The third-order valence-corrected chi connectivity index (χ3v) is 6.28. The fraction of sp³-hybridized carbons (Fsp3) is 0.440. The number of aliphatic imine (C=N–C) groups is 1. The third-order valence-electron chi connectivity index (χ3n) is 6.28. The van der Waals surface area contributed by atoms with Gasteiger partial charge in [0.1, 0.15) is 0 Å². The Morgan fingerprint density at radius 2 is 1.87 bits per heavy atom. The fourth-order valence-corrected chi connectivity index (χ4v) is 4.53. The number of benzene rings is 2. The van der Waals surface area contributed by atoms with Gasteiger partial charge in [-0.25, -0.2) is 0 Å². The molecule has 164 valence electrons. The summed E-state index contributed by atoms with van der Waals surface area (Å²) < 4.78 is 0. The van der Waals surface area contributed by atoms with E-state index in [0.29, 0.717) is 25.0 Å². The predicted molar refractivity (Wildman–Crippen MR) is 126 cm³/mol. The van der Waals surface area contributed by atoms with Gasteiger partial charge < -0.3 is 15.5 Å². The van der Waals surface area contributed by atoms with Crippen LogP contribution in [0.1, 0.15) is 37.3 Å². The monoisotopic (exact) mass is 419 g/mol. The van der Waals surface area contributed by atoms with Crippen LogP contribution in [-0.4, -0.2) is 49.0 Å². The molecule has 0 saturated carbocycles. The van der Waals surface area contributed by atoms with Crippen molar-refractivity contribution in [1.29, 1.82) is 0 Å². The van der Waals surface area contributed by atoms with E-state index in [2.05, 4.69) is 69.9 Å². The number of rotatable bonds is 6. The number of carbonyl (C=O) groups is 1. The van der Waals surface area contributed by atoms with Gasteiger partial charge in [-0.15, -0.1) is 0 Å². The molecule has 2 N–H and O–H groups in total. The van der Waals surface area contributed by atoms with Crippen LogP contribution in [0.15, 0.2) is 59.6 Å². The molecule has 2 fully saturated rings. The fourth-order valence-electron chi connectivity index (χ4n) is 4.53. The van der Waals surface area contributed by atoms with E-state index in [0.717, 1.165) is 44.1 Å². The molecule has 2 aliphatic rings. The van der Waals surface area contributed by atoms with Crippen LogP contribution in [0.25, 0.3) is 0 Å². The van der Waals surface area contributed by atoms with Crippen LogP contribution in [0.3, 0.4) is 0 Å². The average molecular weight is 420 g/mol. The number of anilines is 1. The first-order chi connectivity index (χ1) is 15.1. The SMILES string of the molecule is CN=C(NCc1ccc(N2CCCC2=O)cc1)NC1CC(C)N(Cc2ccccc2)C1. The smallest absolute Gasteiger partial charge is 0.227 e. The van der Waals surface area contributed by atoms with E-state index in [-0.39, 0.29) is 5.91 Å². The molecule has 6 heteroatoms. The standard InChI is InChI=1S/C25H33N5O/c1-19-15-22(18-29(19)17-21-7-4-3-5-8-21)28-25(26-2)27-16-20-10-12-23(13-11-20)30-14-6-9-24(30)31/h3-5,7-8,10-13,19,22H,6,9,14-18H2,1-2H3,(H2,26,27,28). The molecule has 0 aliphatic carbocycles.